The molecule has 0 aliphatic carbocycles. The van der Waals surface area contributed by atoms with Crippen LogP contribution in [0, 0.1) is 0 Å². The second-order valence-corrected chi connectivity index (χ2v) is 12.9. The summed E-state index contributed by atoms with van der Waals surface area (Å²) < 4.78 is 0. The molecule has 2 saturated heterocycles. The van der Waals surface area contributed by atoms with Crippen LogP contribution in [-0.2, 0) is 9.63 Å². The summed E-state index contributed by atoms with van der Waals surface area (Å²) in [6, 6.07) is 1.08. The minimum absolute atomic E-state index is 0.172. The topological polar surface area (TPSA) is 65.6 Å². The predicted molar refractivity (Wildman–Crippen MR) is 134 cm³/mol. The largest absolute Gasteiger partial charge is 0.367 e. The van der Waals surface area contributed by atoms with Crippen LogP contribution in [0.1, 0.15) is 114 Å². The molecular formula is C26H52N4O2. The van der Waals surface area contributed by atoms with Crippen LogP contribution < -0.4 is 16.0 Å². The maximum atomic E-state index is 11.5. The highest BCUT2D eigenvalue weighted by Gasteiger charge is 2.47. The van der Waals surface area contributed by atoms with E-state index in [1.165, 1.54) is 45.4 Å². The molecule has 0 amide bonds. The first-order valence-electron chi connectivity index (χ1n) is 12.9. The highest BCUT2D eigenvalue weighted by atomic mass is 16.7. The number of unbranched alkanes of at least 4 members (excludes halogenated alkanes) is 3. The van der Waals surface area contributed by atoms with Crippen molar-refractivity contribution in [3.05, 3.63) is 0 Å². The Bertz CT molecular complexity index is 581. The van der Waals surface area contributed by atoms with Crippen molar-refractivity contribution in [2.24, 2.45) is 0 Å². The third-order valence-corrected chi connectivity index (χ3v) is 6.97. The van der Waals surface area contributed by atoms with E-state index in [-0.39, 0.29) is 28.1 Å². The average Bonchev–Trinajstić information content (AvgIpc) is 2.57. The number of rotatable bonds is 10. The van der Waals surface area contributed by atoms with Gasteiger partial charge in [0.15, 0.2) is 0 Å². The van der Waals surface area contributed by atoms with Gasteiger partial charge in [-0.05, 0) is 107 Å². The second-order valence-electron chi connectivity index (χ2n) is 12.9. The third-order valence-electron chi connectivity index (χ3n) is 6.97. The van der Waals surface area contributed by atoms with Gasteiger partial charge in [-0.2, -0.15) is 0 Å². The van der Waals surface area contributed by atoms with E-state index in [4.69, 9.17) is 4.84 Å². The molecule has 0 unspecified atom stereocenters. The summed E-state index contributed by atoms with van der Waals surface area (Å²) in [6.45, 7) is 21.6. The molecule has 6 nitrogen and oxygen atoms in total. The Morgan fingerprint density at radius 1 is 0.781 bits per heavy atom. The van der Waals surface area contributed by atoms with Crippen molar-refractivity contribution in [2.45, 2.75) is 148 Å². The molecule has 2 aliphatic rings. The Labute approximate surface area is 197 Å². The smallest absolute Gasteiger partial charge is 0.322 e. The lowest BCUT2D eigenvalue weighted by Gasteiger charge is -2.53. The molecule has 2 rings (SSSR count). The number of hydrogen-bond acceptors (Lipinski definition) is 6. The van der Waals surface area contributed by atoms with E-state index in [1.807, 2.05) is 5.06 Å². The molecule has 0 bridgehead atoms. The Morgan fingerprint density at radius 2 is 1.19 bits per heavy atom. The van der Waals surface area contributed by atoms with Crippen molar-refractivity contribution in [3.63, 3.8) is 0 Å². The summed E-state index contributed by atoms with van der Waals surface area (Å²) in [5.41, 5.74) is 0.0776. The molecule has 0 atom stereocenters. The Balaban J connectivity index is 1.61. The number of carbonyl (C=O) groups is 1. The van der Waals surface area contributed by atoms with Crippen LogP contribution in [0.25, 0.3) is 0 Å². The fraction of sp³-hybridized carbons (Fsp3) is 0.962. The molecule has 2 aliphatic heterocycles. The molecular weight excluding hydrogens is 400 g/mol. The fourth-order valence-corrected chi connectivity index (χ4v) is 6.47. The van der Waals surface area contributed by atoms with Gasteiger partial charge >= 0.3 is 5.97 Å². The van der Waals surface area contributed by atoms with Gasteiger partial charge in [0.25, 0.3) is 0 Å². The Morgan fingerprint density at radius 3 is 1.59 bits per heavy atom. The first-order valence-corrected chi connectivity index (χ1v) is 12.9. The predicted octanol–water partition coefficient (Wildman–Crippen LogP) is 4.53. The van der Waals surface area contributed by atoms with Crippen LogP contribution in [-0.4, -0.2) is 58.4 Å². The summed E-state index contributed by atoms with van der Waals surface area (Å²) in [6.07, 6.45) is 9.40. The van der Waals surface area contributed by atoms with Gasteiger partial charge < -0.3 is 20.8 Å². The molecule has 0 spiro atoms. The SMILES string of the molecule is CC(=O)ON1C(C)(C)CC(NCCCCCCNC2CC(C)(C)NC(C)(C)C2)CC1(C)C. The van der Waals surface area contributed by atoms with Gasteiger partial charge in [0.2, 0.25) is 0 Å². The van der Waals surface area contributed by atoms with Crippen LogP contribution in [0.2, 0.25) is 0 Å². The van der Waals surface area contributed by atoms with Gasteiger partial charge in [-0.15, -0.1) is 5.06 Å². The molecule has 0 saturated carbocycles. The van der Waals surface area contributed by atoms with Gasteiger partial charge in [-0.3, -0.25) is 4.79 Å². The average molecular weight is 453 g/mol. The van der Waals surface area contributed by atoms with Crippen LogP contribution >= 0.6 is 0 Å². The summed E-state index contributed by atoms with van der Waals surface area (Å²) in [5.74, 6) is -0.236. The molecule has 0 aromatic carbocycles. The highest BCUT2D eigenvalue weighted by Crippen LogP contribution is 2.38. The monoisotopic (exact) mass is 452 g/mol. The van der Waals surface area contributed by atoms with E-state index in [2.05, 4.69) is 71.3 Å². The number of nitrogens with zero attached hydrogens (tertiary/aromatic N) is 1. The molecule has 2 fully saturated rings. The lowest BCUT2D eigenvalue weighted by Crippen LogP contribution is -2.64. The zero-order valence-electron chi connectivity index (χ0n) is 22.5. The van der Waals surface area contributed by atoms with Crippen molar-refractivity contribution in [1.82, 2.24) is 21.0 Å². The van der Waals surface area contributed by atoms with Crippen molar-refractivity contribution in [1.29, 1.82) is 0 Å². The van der Waals surface area contributed by atoms with Crippen molar-refractivity contribution in [3.8, 4) is 0 Å². The van der Waals surface area contributed by atoms with Crippen molar-refractivity contribution >= 4 is 5.97 Å². The van der Waals surface area contributed by atoms with Crippen LogP contribution in [0.3, 0.4) is 0 Å². The summed E-state index contributed by atoms with van der Waals surface area (Å²) in [5, 5.41) is 13.3. The summed E-state index contributed by atoms with van der Waals surface area (Å²) >= 11 is 0. The van der Waals surface area contributed by atoms with Crippen LogP contribution in [0.5, 0.6) is 0 Å². The normalized spacial score (nSPS) is 25.5. The molecule has 0 radical (unpaired) electrons. The van der Waals surface area contributed by atoms with Crippen molar-refractivity contribution < 1.29 is 9.63 Å². The third kappa shape index (κ3) is 8.58. The van der Waals surface area contributed by atoms with E-state index in [0.29, 0.717) is 12.1 Å². The van der Waals surface area contributed by atoms with Gasteiger partial charge in [0.05, 0.1) is 11.1 Å². The lowest BCUT2D eigenvalue weighted by molar-refractivity contribution is -0.266. The Hall–Kier alpha value is -0.690. The summed E-state index contributed by atoms with van der Waals surface area (Å²) in [7, 11) is 0. The van der Waals surface area contributed by atoms with Crippen molar-refractivity contribution in [2.75, 3.05) is 13.1 Å². The number of hydrogen-bond donors (Lipinski definition) is 3. The molecule has 0 aromatic heterocycles. The second kappa shape index (κ2) is 10.7. The number of nitrogens with one attached hydrogen (secondary N) is 3. The van der Waals surface area contributed by atoms with E-state index in [0.717, 1.165) is 25.9 Å². The zero-order chi connectivity index (χ0) is 24.2. The van der Waals surface area contributed by atoms with E-state index in [1.54, 1.807) is 0 Å². The van der Waals surface area contributed by atoms with E-state index < -0.39 is 0 Å². The highest BCUT2D eigenvalue weighted by molar-refractivity contribution is 5.65. The number of hydroxylamine groups is 2. The van der Waals surface area contributed by atoms with Gasteiger partial charge in [0, 0.05) is 30.1 Å². The minimum Gasteiger partial charge on any atom is -0.367 e. The van der Waals surface area contributed by atoms with Crippen LogP contribution in [0.15, 0.2) is 0 Å². The fourth-order valence-electron chi connectivity index (χ4n) is 6.47. The maximum Gasteiger partial charge on any atom is 0.322 e. The standard InChI is InChI=1S/C26H52N4O2/c1-20(31)32-30-25(6,7)18-22(19-26(30,8)9)28-15-13-11-10-12-14-27-21-16-23(2,3)29-24(4,5)17-21/h21-22,27-29H,10-19H2,1-9H3. The lowest BCUT2D eigenvalue weighted by atomic mass is 9.79. The molecule has 2 heterocycles. The zero-order valence-corrected chi connectivity index (χ0v) is 22.5. The van der Waals surface area contributed by atoms with Crippen LogP contribution in [0.4, 0.5) is 0 Å². The minimum atomic E-state index is -0.236. The van der Waals surface area contributed by atoms with E-state index in [9.17, 15) is 4.79 Å². The molecule has 6 heteroatoms. The Kier molecular flexibility index (Phi) is 9.22. The molecule has 0 aromatic rings. The maximum absolute atomic E-state index is 11.5. The quantitative estimate of drug-likeness (QED) is 0.423. The number of carbonyl (C=O) groups excluding carboxylic acids is 1. The molecule has 3 N–H and O–H groups in total. The molecule has 188 valence electrons. The van der Waals surface area contributed by atoms with Gasteiger partial charge in [-0.25, -0.2) is 0 Å². The van der Waals surface area contributed by atoms with Gasteiger partial charge in [-0.1, -0.05) is 12.8 Å². The first kappa shape index (κ1) is 27.6. The number of piperidine rings is 2. The molecule has 32 heavy (non-hydrogen) atoms. The first-order chi connectivity index (χ1) is 14.6. The van der Waals surface area contributed by atoms with E-state index >= 15 is 0 Å². The van der Waals surface area contributed by atoms with Gasteiger partial charge in [0.1, 0.15) is 0 Å². The summed E-state index contributed by atoms with van der Waals surface area (Å²) in [4.78, 5) is 17.1.